The molecule has 0 fully saturated rings. The number of rotatable bonds is 6. The van der Waals surface area contributed by atoms with Gasteiger partial charge in [0.05, 0.1) is 30.3 Å². The van der Waals surface area contributed by atoms with Crippen LogP contribution in [0.25, 0.3) is 0 Å². The molecule has 7 heteroatoms. The zero-order chi connectivity index (χ0) is 16.8. The number of nitro groups is 1. The summed E-state index contributed by atoms with van der Waals surface area (Å²) in [6, 6.07) is 10.0. The van der Waals surface area contributed by atoms with Crippen molar-refractivity contribution in [2.45, 2.75) is 6.92 Å². The largest absolute Gasteiger partial charge is 0.493 e. The Hall–Kier alpha value is -3.09. The minimum Gasteiger partial charge on any atom is -0.493 e. The van der Waals surface area contributed by atoms with Gasteiger partial charge < -0.3 is 14.2 Å². The zero-order valence-corrected chi connectivity index (χ0v) is 12.6. The van der Waals surface area contributed by atoms with Crippen molar-refractivity contribution in [3.8, 4) is 17.2 Å². The first-order chi connectivity index (χ1) is 11.0. The predicted octanol–water partition coefficient (Wildman–Crippen LogP) is 3.22. The van der Waals surface area contributed by atoms with Gasteiger partial charge in [0.15, 0.2) is 11.5 Å². The molecule has 2 aromatic rings. The molecule has 120 valence electrons. The molecule has 0 saturated carbocycles. The van der Waals surface area contributed by atoms with Crippen LogP contribution in [0.1, 0.15) is 17.3 Å². The highest BCUT2D eigenvalue weighted by Gasteiger charge is 2.14. The normalized spacial score (nSPS) is 10.0. The predicted molar refractivity (Wildman–Crippen MR) is 82.2 cm³/mol. The summed E-state index contributed by atoms with van der Waals surface area (Å²) in [5.74, 6) is 0.370. The summed E-state index contributed by atoms with van der Waals surface area (Å²) in [6.07, 6.45) is 0. The quantitative estimate of drug-likeness (QED) is 0.352. The van der Waals surface area contributed by atoms with Crippen LogP contribution in [0.4, 0.5) is 5.69 Å². The molecule has 0 aliphatic heterocycles. The standard InChI is InChI=1S/C16H15NO6/c1-3-22-15-9-11(7-8-14(15)21-2)16(18)23-13-6-4-5-12(10-13)17(19)20/h4-10H,3H2,1-2H3. The number of carbonyl (C=O) groups excluding carboxylic acids is 1. The van der Waals surface area contributed by atoms with Gasteiger partial charge in [-0.15, -0.1) is 0 Å². The number of methoxy groups -OCH3 is 1. The number of esters is 1. The Balaban J connectivity index is 2.22. The summed E-state index contributed by atoms with van der Waals surface area (Å²) in [5.41, 5.74) is 0.0980. The maximum absolute atomic E-state index is 12.2. The molecule has 2 rings (SSSR count). The number of nitro benzene ring substituents is 1. The lowest BCUT2D eigenvalue weighted by Crippen LogP contribution is -2.09. The Kier molecular flexibility index (Phi) is 5.14. The van der Waals surface area contributed by atoms with Gasteiger partial charge in [0.1, 0.15) is 5.75 Å². The van der Waals surface area contributed by atoms with E-state index in [0.717, 1.165) is 0 Å². The molecule has 0 amide bonds. The Bertz CT molecular complexity index is 728. The SMILES string of the molecule is CCOc1cc(C(=O)Oc2cccc([N+](=O)[O-])c2)ccc1OC. The zero-order valence-electron chi connectivity index (χ0n) is 12.6. The topological polar surface area (TPSA) is 87.9 Å². The molecule has 0 saturated heterocycles. The Morgan fingerprint density at radius 3 is 2.61 bits per heavy atom. The van der Waals surface area contributed by atoms with Crippen LogP contribution in [-0.4, -0.2) is 24.6 Å². The molecule has 0 bridgehead atoms. The van der Waals surface area contributed by atoms with Crippen LogP contribution in [-0.2, 0) is 0 Å². The van der Waals surface area contributed by atoms with E-state index in [4.69, 9.17) is 14.2 Å². The van der Waals surface area contributed by atoms with Crippen LogP contribution in [0.2, 0.25) is 0 Å². The third-order valence-corrected chi connectivity index (χ3v) is 2.94. The first kappa shape index (κ1) is 16.3. The van der Waals surface area contributed by atoms with E-state index in [1.165, 1.54) is 43.5 Å². The maximum atomic E-state index is 12.2. The first-order valence-electron chi connectivity index (χ1n) is 6.82. The van der Waals surface area contributed by atoms with E-state index in [9.17, 15) is 14.9 Å². The summed E-state index contributed by atoms with van der Waals surface area (Å²) < 4.78 is 15.7. The van der Waals surface area contributed by atoms with Crippen molar-refractivity contribution in [1.82, 2.24) is 0 Å². The average molecular weight is 317 g/mol. The number of hydrogen-bond acceptors (Lipinski definition) is 6. The van der Waals surface area contributed by atoms with E-state index in [0.29, 0.717) is 18.1 Å². The summed E-state index contributed by atoms with van der Waals surface area (Å²) in [7, 11) is 1.50. The molecule has 0 aromatic heterocycles. The van der Waals surface area contributed by atoms with Gasteiger partial charge in [0.2, 0.25) is 0 Å². The average Bonchev–Trinajstić information content (AvgIpc) is 2.55. The van der Waals surface area contributed by atoms with Crippen molar-refractivity contribution in [3.05, 3.63) is 58.1 Å². The molecule has 0 aliphatic carbocycles. The molecule has 0 N–H and O–H groups in total. The molecule has 0 unspecified atom stereocenters. The van der Waals surface area contributed by atoms with Gasteiger partial charge in [-0.3, -0.25) is 10.1 Å². The van der Waals surface area contributed by atoms with Crippen molar-refractivity contribution in [2.24, 2.45) is 0 Å². The van der Waals surface area contributed by atoms with Crippen LogP contribution in [0.15, 0.2) is 42.5 Å². The molecule has 2 aromatic carbocycles. The summed E-state index contributed by atoms with van der Waals surface area (Å²) in [5, 5.41) is 10.7. The summed E-state index contributed by atoms with van der Waals surface area (Å²) >= 11 is 0. The Labute approximate surface area is 132 Å². The summed E-state index contributed by atoms with van der Waals surface area (Å²) in [4.78, 5) is 22.3. The minimum atomic E-state index is -0.644. The monoisotopic (exact) mass is 317 g/mol. The lowest BCUT2D eigenvalue weighted by molar-refractivity contribution is -0.384. The van der Waals surface area contributed by atoms with E-state index in [1.807, 2.05) is 6.92 Å². The third kappa shape index (κ3) is 3.97. The molecular formula is C16H15NO6. The van der Waals surface area contributed by atoms with E-state index < -0.39 is 10.9 Å². The Morgan fingerprint density at radius 2 is 1.96 bits per heavy atom. The van der Waals surface area contributed by atoms with Gasteiger partial charge in [0, 0.05) is 6.07 Å². The van der Waals surface area contributed by atoms with Gasteiger partial charge in [0.25, 0.3) is 5.69 Å². The van der Waals surface area contributed by atoms with Crippen LogP contribution < -0.4 is 14.2 Å². The highest BCUT2D eigenvalue weighted by molar-refractivity contribution is 5.91. The number of hydrogen-bond donors (Lipinski definition) is 0. The van der Waals surface area contributed by atoms with Gasteiger partial charge in [-0.2, -0.15) is 0 Å². The highest BCUT2D eigenvalue weighted by Crippen LogP contribution is 2.29. The lowest BCUT2D eigenvalue weighted by Gasteiger charge is -2.10. The molecule has 0 heterocycles. The number of non-ortho nitro benzene ring substituents is 1. The maximum Gasteiger partial charge on any atom is 0.343 e. The van der Waals surface area contributed by atoms with Gasteiger partial charge in [-0.05, 0) is 31.2 Å². The van der Waals surface area contributed by atoms with E-state index in [1.54, 1.807) is 6.07 Å². The van der Waals surface area contributed by atoms with Crippen molar-refractivity contribution in [2.75, 3.05) is 13.7 Å². The third-order valence-electron chi connectivity index (χ3n) is 2.94. The van der Waals surface area contributed by atoms with Crippen molar-refractivity contribution in [3.63, 3.8) is 0 Å². The van der Waals surface area contributed by atoms with Crippen LogP contribution in [0, 0.1) is 10.1 Å². The van der Waals surface area contributed by atoms with E-state index in [-0.39, 0.29) is 17.0 Å². The minimum absolute atomic E-state index is 0.0953. The number of nitrogens with zero attached hydrogens (tertiary/aromatic N) is 1. The fraction of sp³-hybridized carbons (Fsp3) is 0.188. The summed E-state index contributed by atoms with van der Waals surface area (Å²) in [6.45, 7) is 2.23. The van der Waals surface area contributed by atoms with Crippen molar-refractivity contribution in [1.29, 1.82) is 0 Å². The molecule has 0 atom stereocenters. The van der Waals surface area contributed by atoms with Crippen molar-refractivity contribution >= 4 is 11.7 Å². The molecule has 7 nitrogen and oxygen atoms in total. The van der Waals surface area contributed by atoms with Gasteiger partial charge in [-0.1, -0.05) is 6.07 Å². The number of ether oxygens (including phenoxy) is 3. The second-order valence-electron chi connectivity index (χ2n) is 4.44. The molecule has 0 spiro atoms. The van der Waals surface area contributed by atoms with E-state index in [2.05, 4.69) is 0 Å². The molecule has 0 aliphatic rings. The van der Waals surface area contributed by atoms with E-state index >= 15 is 0 Å². The second kappa shape index (κ2) is 7.26. The van der Waals surface area contributed by atoms with Crippen molar-refractivity contribution < 1.29 is 23.9 Å². The smallest absolute Gasteiger partial charge is 0.343 e. The first-order valence-corrected chi connectivity index (χ1v) is 6.82. The Morgan fingerprint density at radius 1 is 1.17 bits per heavy atom. The molecular weight excluding hydrogens is 302 g/mol. The molecule has 0 radical (unpaired) electrons. The lowest BCUT2D eigenvalue weighted by atomic mass is 10.2. The van der Waals surface area contributed by atoms with Crippen LogP contribution in [0.3, 0.4) is 0 Å². The van der Waals surface area contributed by atoms with Gasteiger partial charge >= 0.3 is 5.97 Å². The highest BCUT2D eigenvalue weighted by atomic mass is 16.6. The van der Waals surface area contributed by atoms with Crippen LogP contribution >= 0.6 is 0 Å². The van der Waals surface area contributed by atoms with Crippen LogP contribution in [0.5, 0.6) is 17.2 Å². The fourth-order valence-corrected chi connectivity index (χ4v) is 1.90. The van der Waals surface area contributed by atoms with Gasteiger partial charge in [-0.25, -0.2) is 4.79 Å². The number of benzene rings is 2. The second-order valence-corrected chi connectivity index (χ2v) is 4.44. The fourth-order valence-electron chi connectivity index (χ4n) is 1.90. The molecule has 23 heavy (non-hydrogen) atoms. The number of carbonyl (C=O) groups is 1.